The smallest absolute Gasteiger partial charge is 0.269 e. The Morgan fingerprint density at radius 3 is 2.14 bits per heavy atom. The summed E-state index contributed by atoms with van der Waals surface area (Å²) in [7, 11) is 3.78. The minimum Gasteiger partial charge on any atom is -0.378 e. The number of benzene rings is 2. The maximum Gasteiger partial charge on any atom is 0.269 e. The van der Waals surface area contributed by atoms with Crippen molar-refractivity contribution in [1.82, 2.24) is 20.6 Å². The van der Waals surface area contributed by atoms with Crippen molar-refractivity contribution in [3.05, 3.63) is 76.1 Å². The molecule has 2 amide bonds. The average molecular weight is 412 g/mol. The minimum atomic E-state index is -0.417. The van der Waals surface area contributed by atoms with Crippen LogP contribution in [-0.4, -0.2) is 35.7 Å². The van der Waals surface area contributed by atoms with E-state index in [2.05, 4.69) is 16.0 Å². The van der Waals surface area contributed by atoms with Crippen molar-refractivity contribution in [3.63, 3.8) is 0 Å². The molecule has 0 radical (unpaired) electrons. The number of nitrogens with one attached hydrogen (secondary N) is 2. The Kier molecular flexibility index (Phi) is 5.89. The second-order valence-electron chi connectivity index (χ2n) is 6.80. The number of hydrogen-bond donors (Lipinski definition) is 2. The van der Waals surface area contributed by atoms with Crippen molar-refractivity contribution in [2.75, 3.05) is 19.0 Å². The molecule has 3 rings (SSSR count). The monoisotopic (exact) mass is 411 g/mol. The van der Waals surface area contributed by atoms with Crippen molar-refractivity contribution < 1.29 is 9.59 Å². The maximum atomic E-state index is 12.4. The predicted octanol–water partition coefficient (Wildman–Crippen LogP) is 3.28. The summed E-state index contributed by atoms with van der Waals surface area (Å²) in [4.78, 5) is 26.5. The van der Waals surface area contributed by atoms with E-state index in [0.29, 0.717) is 16.1 Å². The molecule has 0 spiro atoms. The highest BCUT2D eigenvalue weighted by Gasteiger charge is 2.13. The molecule has 0 saturated carbocycles. The standard InChI is InChI=1S/C21H22ClN5O2/c1-13-19(22)14(2)27(25-13)17-10-8-15(9-11-17)20(28)23-24-21(29)16-6-5-7-18(12-16)26(3)4/h5-12H,1-4H3,(H,23,28)(H,24,29). The molecule has 29 heavy (non-hydrogen) atoms. The molecule has 8 heteroatoms. The van der Waals surface area contributed by atoms with Gasteiger partial charge >= 0.3 is 0 Å². The Hall–Kier alpha value is -3.32. The number of hydrazine groups is 1. The molecule has 1 heterocycles. The molecular weight excluding hydrogens is 390 g/mol. The lowest BCUT2D eigenvalue weighted by molar-refractivity contribution is 0.0846. The fourth-order valence-electron chi connectivity index (χ4n) is 2.81. The lowest BCUT2D eigenvalue weighted by atomic mass is 10.2. The first kappa shape index (κ1) is 20.4. The summed E-state index contributed by atoms with van der Waals surface area (Å²) in [5.74, 6) is -0.809. The Morgan fingerprint density at radius 2 is 1.59 bits per heavy atom. The SMILES string of the molecule is Cc1nn(-c2ccc(C(=O)NNC(=O)c3cccc(N(C)C)c3)cc2)c(C)c1Cl. The van der Waals surface area contributed by atoms with Crippen LogP contribution in [0.25, 0.3) is 5.69 Å². The molecule has 0 aliphatic rings. The number of hydrogen-bond acceptors (Lipinski definition) is 4. The van der Waals surface area contributed by atoms with E-state index >= 15 is 0 Å². The summed E-state index contributed by atoms with van der Waals surface area (Å²) in [5, 5.41) is 5.01. The summed E-state index contributed by atoms with van der Waals surface area (Å²) in [5.41, 5.74) is 8.98. The number of amides is 2. The topological polar surface area (TPSA) is 79.3 Å². The van der Waals surface area contributed by atoms with Gasteiger partial charge in [-0.1, -0.05) is 17.7 Å². The van der Waals surface area contributed by atoms with E-state index in [1.54, 1.807) is 47.1 Å². The first-order valence-electron chi connectivity index (χ1n) is 8.98. The van der Waals surface area contributed by atoms with E-state index in [1.165, 1.54) is 0 Å². The van der Waals surface area contributed by atoms with E-state index in [-0.39, 0.29) is 0 Å². The first-order valence-corrected chi connectivity index (χ1v) is 9.36. The zero-order chi connectivity index (χ0) is 21.1. The van der Waals surface area contributed by atoms with Crippen LogP contribution in [-0.2, 0) is 0 Å². The third-order valence-corrected chi connectivity index (χ3v) is 5.04. The second-order valence-corrected chi connectivity index (χ2v) is 7.17. The summed E-state index contributed by atoms with van der Waals surface area (Å²) in [6.07, 6.45) is 0. The number of carbonyl (C=O) groups excluding carboxylic acids is 2. The van der Waals surface area contributed by atoms with Gasteiger partial charge in [0.25, 0.3) is 11.8 Å². The number of rotatable bonds is 4. The van der Waals surface area contributed by atoms with Crippen LogP contribution in [0.3, 0.4) is 0 Å². The van der Waals surface area contributed by atoms with Gasteiger partial charge in [-0.05, 0) is 56.3 Å². The molecule has 1 aromatic heterocycles. The fourth-order valence-corrected chi connectivity index (χ4v) is 2.93. The van der Waals surface area contributed by atoms with Crippen molar-refractivity contribution in [3.8, 4) is 5.69 Å². The number of nitrogens with zero attached hydrogens (tertiary/aromatic N) is 3. The molecule has 0 fully saturated rings. The maximum absolute atomic E-state index is 12.4. The normalized spacial score (nSPS) is 10.5. The van der Waals surface area contributed by atoms with Crippen molar-refractivity contribution >= 4 is 29.1 Å². The van der Waals surface area contributed by atoms with Gasteiger partial charge in [-0.15, -0.1) is 0 Å². The van der Waals surface area contributed by atoms with Crippen molar-refractivity contribution in [1.29, 1.82) is 0 Å². The molecule has 150 valence electrons. The Labute approximate surface area is 174 Å². The highest BCUT2D eigenvalue weighted by atomic mass is 35.5. The molecule has 0 atom stereocenters. The quantitative estimate of drug-likeness (QED) is 0.646. The van der Waals surface area contributed by atoms with Gasteiger partial charge in [0.2, 0.25) is 0 Å². The molecule has 0 aliphatic heterocycles. The van der Waals surface area contributed by atoms with E-state index in [9.17, 15) is 9.59 Å². The third kappa shape index (κ3) is 4.41. The highest BCUT2D eigenvalue weighted by Crippen LogP contribution is 2.22. The molecule has 2 N–H and O–H groups in total. The Morgan fingerprint density at radius 1 is 0.966 bits per heavy atom. The number of aryl methyl sites for hydroxylation is 1. The van der Waals surface area contributed by atoms with Gasteiger partial charge < -0.3 is 4.90 Å². The lowest BCUT2D eigenvalue weighted by Gasteiger charge is -2.13. The molecule has 0 aliphatic carbocycles. The van der Waals surface area contributed by atoms with Gasteiger partial charge in [0.1, 0.15) is 0 Å². The van der Waals surface area contributed by atoms with Crippen molar-refractivity contribution in [2.24, 2.45) is 0 Å². The molecule has 2 aromatic carbocycles. The van der Waals surface area contributed by atoms with Gasteiger partial charge in [-0.25, -0.2) is 4.68 Å². The summed E-state index contributed by atoms with van der Waals surface area (Å²) >= 11 is 6.19. The predicted molar refractivity (Wildman–Crippen MR) is 114 cm³/mol. The van der Waals surface area contributed by atoms with E-state index in [4.69, 9.17) is 11.6 Å². The summed E-state index contributed by atoms with van der Waals surface area (Å²) < 4.78 is 1.72. The van der Waals surface area contributed by atoms with Gasteiger partial charge in [0, 0.05) is 30.9 Å². The van der Waals surface area contributed by atoms with E-state index in [0.717, 1.165) is 22.8 Å². The lowest BCUT2D eigenvalue weighted by Crippen LogP contribution is -2.41. The van der Waals surface area contributed by atoms with Crippen LogP contribution in [0.15, 0.2) is 48.5 Å². The number of anilines is 1. The number of aromatic nitrogens is 2. The minimum absolute atomic E-state index is 0.393. The summed E-state index contributed by atoms with van der Waals surface area (Å²) in [6, 6.07) is 14.0. The third-order valence-electron chi connectivity index (χ3n) is 4.49. The van der Waals surface area contributed by atoms with E-state index in [1.807, 2.05) is 38.9 Å². The first-order chi connectivity index (χ1) is 13.8. The Balaban J connectivity index is 1.66. The van der Waals surface area contributed by atoms with Gasteiger partial charge in [-0.3, -0.25) is 20.4 Å². The molecule has 0 bridgehead atoms. The molecule has 7 nitrogen and oxygen atoms in total. The molecular formula is C21H22ClN5O2. The van der Waals surface area contributed by atoms with Crippen LogP contribution in [0.1, 0.15) is 32.1 Å². The van der Waals surface area contributed by atoms with Crippen molar-refractivity contribution in [2.45, 2.75) is 13.8 Å². The molecule has 0 saturated heterocycles. The second kappa shape index (κ2) is 8.36. The number of halogens is 1. The van der Waals surface area contributed by atoms with Crippen LogP contribution in [0, 0.1) is 13.8 Å². The van der Waals surface area contributed by atoms with Crippen LogP contribution in [0.5, 0.6) is 0 Å². The fraction of sp³-hybridized carbons (Fsp3) is 0.190. The van der Waals surface area contributed by atoms with Gasteiger partial charge in [0.05, 0.1) is 22.1 Å². The zero-order valence-corrected chi connectivity index (χ0v) is 17.4. The van der Waals surface area contributed by atoms with Gasteiger partial charge in [-0.2, -0.15) is 5.10 Å². The van der Waals surface area contributed by atoms with Crippen LogP contribution in [0.4, 0.5) is 5.69 Å². The molecule has 0 unspecified atom stereocenters. The summed E-state index contributed by atoms with van der Waals surface area (Å²) in [6.45, 7) is 3.72. The Bertz CT molecular complexity index is 1060. The molecule has 3 aromatic rings. The highest BCUT2D eigenvalue weighted by molar-refractivity contribution is 6.31. The number of carbonyl (C=O) groups is 2. The van der Waals surface area contributed by atoms with Crippen LogP contribution >= 0.6 is 11.6 Å². The van der Waals surface area contributed by atoms with Gasteiger partial charge in [0.15, 0.2) is 0 Å². The van der Waals surface area contributed by atoms with Crippen LogP contribution < -0.4 is 15.8 Å². The average Bonchev–Trinajstić information content (AvgIpc) is 2.99. The van der Waals surface area contributed by atoms with Crippen LogP contribution in [0.2, 0.25) is 5.02 Å². The largest absolute Gasteiger partial charge is 0.378 e. The van der Waals surface area contributed by atoms with E-state index < -0.39 is 11.8 Å². The zero-order valence-electron chi connectivity index (χ0n) is 16.7.